The van der Waals surface area contributed by atoms with Crippen molar-refractivity contribution in [1.82, 2.24) is 10.2 Å². The van der Waals surface area contributed by atoms with Gasteiger partial charge in [0.05, 0.1) is 11.6 Å². The van der Waals surface area contributed by atoms with E-state index in [0.717, 1.165) is 37.1 Å². The quantitative estimate of drug-likeness (QED) is 0.387. The summed E-state index contributed by atoms with van der Waals surface area (Å²) in [4.78, 5) is 15.0. The molecule has 5 nitrogen and oxygen atoms in total. The van der Waals surface area contributed by atoms with Crippen LogP contribution in [0, 0.1) is 17.2 Å². The summed E-state index contributed by atoms with van der Waals surface area (Å²) < 4.78 is 0. The molecule has 1 saturated heterocycles. The van der Waals surface area contributed by atoms with Gasteiger partial charge in [-0.05, 0) is 85.9 Å². The highest BCUT2D eigenvalue weighted by Crippen LogP contribution is 2.33. The predicted molar refractivity (Wildman–Crippen MR) is 143 cm³/mol. The highest BCUT2D eigenvalue weighted by molar-refractivity contribution is 6.35. The summed E-state index contributed by atoms with van der Waals surface area (Å²) in [6.45, 7) is 2.62. The van der Waals surface area contributed by atoms with E-state index in [4.69, 9.17) is 23.2 Å². The van der Waals surface area contributed by atoms with Gasteiger partial charge in [-0.25, -0.2) is 4.79 Å². The SMILES string of the molecule is CN1CCC(C(CNC(=O)Nc2cc(Cl)cc(Cl)c2)c2ccc(-c3cccc(C#N)c3)cc2)CC1. The van der Waals surface area contributed by atoms with Gasteiger partial charge in [-0.3, -0.25) is 0 Å². The van der Waals surface area contributed by atoms with Crippen LogP contribution in [0.1, 0.15) is 29.9 Å². The molecule has 3 aromatic rings. The Bertz CT molecular complexity index is 1190. The van der Waals surface area contributed by atoms with Crippen molar-refractivity contribution >= 4 is 34.9 Å². The van der Waals surface area contributed by atoms with Gasteiger partial charge in [0.15, 0.2) is 0 Å². The zero-order chi connectivity index (χ0) is 24.8. The van der Waals surface area contributed by atoms with E-state index in [1.165, 1.54) is 5.56 Å². The molecule has 1 unspecified atom stereocenters. The number of hydrogen-bond acceptors (Lipinski definition) is 3. The minimum absolute atomic E-state index is 0.192. The number of nitrogens with zero attached hydrogens (tertiary/aromatic N) is 2. The first-order chi connectivity index (χ1) is 16.9. The number of rotatable bonds is 6. The minimum Gasteiger partial charge on any atom is -0.337 e. The van der Waals surface area contributed by atoms with Crippen LogP contribution in [0.4, 0.5) is 10.5 Å². The number of urea groups is 1. The topological polar surface area (TPSA) is 68.2 Å². The Balaban J connectivity index is 1.49. The van der Waals surface area contributed by atoms with E-state index < -0.39 is 0 Å². The molecule has 0 aliphatic carbocycles. The Kier molecular flexibility index (Phi) is 8.30. The molecule has 1 fully saturated rings. The molecule has 1 aliphatic heterocycles. The lowest BCUT2D eigenvalue weighted by Gasteiger charge is -2.35. The van der Waals surface area contributed by atoms with Gasteiger partial charge in [-0.2, -0.15) is 5.26 Å². The number of piperidine rings is 1. The van der Waals surface area contributed by atoms with E-state index in [0.29, 0.717) is 33.8 Å². The maximum Gasteiger partial charge on any atom is 0.319 e. The van der Waals surface area contributed by atoms with Gasteiger partial charge in [0.25, 0.3) is 0 Å². The molecule has 1 aliphatic rings. The second kappa shape index (κ2) is 11.6. The van der Waals surface area contributed by atoms with Gasteiger partial charge in [0, 0.05) is 28.2 Å². The fourth-order valence-corrected chi connectivity index (χ4v) is 5.21. The lowest BCUT2D eigenvalue weighted by Crippen LogP contribution is -2.38. The zero-order valence-electron chi connectivity index (χ0n) is 19.6. The van der Waals surface area contributed by atoms with E-state index >= 15 is 0 Å². The fraction of sp³-hybridized carbons (Fsp3) is 0.286. The number of nitrogens with one attached hydrogen (secondary N) is 2. The molecule has 0 spiro atoms. The molecule has 0 aromatic heterocycles. The Morgan fingerprint density at radius 1 is 1.03 bits per heavy atom. The van der Waals surface area contributed by atoms with Crippen molar-refractivity contribution in [2.24, 2.45) is 5.92 Å². The van der Waals surface area contributed by atoms with Crippen molar-refractivity contribution < 1.29 is 4.79 Å². The lowest BCUT2D eigenvalue weighted by atomic mass is 9.79. The van der Waals surface area contributed by atoms with Crippen molar-refractivity contribution in [2.75, 3.05) is 32.0 Å². The number of amides is 2. The maximum atomic E-state index is 12.7. The lowest BCUT2D eigenvalue weighted by molar-refractivity contribution is 0.195. The first-order valence-corrected chi connectivity index (χ1v) is 12.5. The molecule has 7 heteroatoms. The zero-order valence-corrected chi connectivity index (χ0v) is 21.1. The Labute approximate surface area is 216 Å². The molecular weight excluding hydrogens is 479 g/mol. The summed E-state index contributed by atoms with van der Waals surface area (Å²) in [5.41, 5.74) is 4.48. The van der Waals surface area contributed by atoms with Gasteiger partial charge >= 0.3 is 6.03 Å². The highest BCUT2D eigenvalue weighted by atomic mass is 35.5. The van der Waals surface area contributed by atoms with Crippen LogP contribution >= 0.6 is 23.2 Å². The molecule has 3 aromatic carbocycles. The number of likely N-dealkylation sites (tertiary alicyclic amines) is 1. The number of benzene rings is 3. The molecule has 2 amide bonds. The first kappa shape index (κ1) is 25.1. The van der Waals surface area contributed by atoms with Crippen LogP contribution in [-0.2, 0) is 0 Å². The van der Waals surface area contributed by atoms with E-state index in [1.807, 2.05) is 24.3 Å². The van der Waals surface area contributed by atoms with Crippen molar-refractivity contribution in [1.29, 1.82) is 5.26 Å². The monoisotopic (exact) mass is 506 g/mol. The number of hydrogen-bond donors (Lipinski definition) is 2. The molecule has 4 rings (SSSR count). The summed E-state index contributed by atoms with van der Waals surface area (Å²) in [5, 5.41) is 16.0. The number of carbonyl (C=O) groups is 1. The maximum absolute atomic E-state index is 12.7. The Hall–Kier alpha value is -3.04. The number of carbonyl (C=O) groups excluding carboxylic acids is 1. The summed E-state index contributed by atoms with van der Waals surface area (Å²) in [6, 6.07) is 23.0. The van der Waals surface area contributed by atoms with E-state index in [2.05, 4.69) is 52.9 Å². The third-order valence-electron chi connectivity index (χ3n) is 6.60. The van der Waals surface area contributed by atoms with Gasteiger partial charge < -0.3 is 15.5 Å². The van der Waals surface area contributed by atoms with Crippen LogP contribution in [-0.4, -0.2) is 37.6 Å². The fourth-order valence-electron chi connectivity index (χ4n) is 4.68. The average molecular weight is 507 g/mol. The van der Waals surface area contributed by atoms with Crippen LogP contribution in [0.15, 0.2) is 66.7 Å². The number of halogens is 2. The summed E-state index contributed by atoms with van der Waals surface area (Å²) in [6.07, 6.45) is 2.17. The predicted octanol–water partition coefficient (Wildman–Crippen LogP) is 6.78. The minimum atomic E-state index is -0.286. The summed E-state index contributed by atoms with van der Waals surface area (Å²) in [7, 11) is 2.15. The normalized spacial score (nSPS) is 15.3. The molecule has 1 atom stereocenters. The van der Waals surface area contributed by atoms with Crippen LogP contribution < -0.4 is 10.6 Å². The number of nitriles is 1. The van der Waals surface area contributed by atoms with Crippen molar-refractivity contribution in [3.8, 4) is 17.2 Å². The van der Waals surface area contributed by atoms with Gasteiger partial charge in [0.1, 0.15) is 0 Å². The summed E-state index contributed by atoms with van der Waals surface area (Å²) >= 11 is 12.1. The average Bonchev–Trinajstić information content (AvgIpc) is 2.85. The molecular formula is C28H28Cl2N4O. The second-order valence-corrected chi connectivity index (χ2v) is 9.93. The first-order valence-electron chi connectivity index (χ1n) is 11.7. The highest BCUT2D eigenvalue weighted by Gasteiger charge is 2.27. The molecule has 1 heterocycles. The Morgan fingerprint density at radius 2 is 1.71 bits per heavy atom. The van der Waals surface area contributed by atoms with Gasteiger partial charge in [-0.1, -0.05) is 59.6 Å². The van der Waals surface area contributed by atoms with Crippen molar-refractivity contribution in [3.63, 3.8) is 0 Å². The van der Waals surface area contributed by atoms with E-state index in [1.54, 1.807) is 18.2 Å². The van der Waals surface area contributed by atoms with Crippen molar-refractivity contribution in [2.45, 2.75) is 18.8 Å². The standard InChI is InChI=1S/C28H28Cl2N4O/c1-34-11-9-22(10-12-34)27(18-32-28(35)33-26-15-24(29)14-25(30)16-26)21-7-5-20(6-8-21)23-4-2-3-19(13-23)17-31/h2-8,13-16,22,27H,9-12,18H2,1H3,(H2,32,33,35). The third-order valence-corrected chi connectivity index (χ3v) is 7.04. The largest absolute Gasteiger partial charge is 0.337 e. The number of anilines is 1. The molecule has 0 bridgehead atoms. The van der Waals surface area contributed by atoms with Gasteiger partial charge in [0.2, 0.25) is 0 Å². The second-order valence-electron chi connectivity index (χ2n) is 9.05. The molecule has 2 N–H and O–H groups in total. The van der Waals surface area contributed by atoms with Crippen molar-refractivity contribution in [3.05, 3.63) is 87.9 Å². The van der Waals surface area contributed by atoms with Gasteiger partial charge in [-0.15, -0.1) is 0 Å². The molecule has 35 heavy (non-hydrogen) atoms. The van der Waals surface area contributed by atoms with E-state index in [9.17, 15) is 10.1 Å². The van der Waals surface area contributed by atoms with Crippen LogP contribution in [0.3, 0.4) is 0 Å². The molecule has 0 radical (unpaired) electrons. The van der Waals surface area contributed by atoms with Crippen LogP contribution in [0.2, 0.25) is 10.0 Å². The van der Waals surface area contributed by atoms with Crippen LogP contribution in [0.25, 0.3) is 11.1 Å². The Morgan fingerprint density at radius 3 is 2.37 bits per heavy atom. The molecule has 0 saturated carbocycles. The molecule has 180 valence electrons. The smallest absolute Gasteiger partial charge is 0.319 e. The summed E-state index contributed by atoms with van der Waals surface area (Å²) in [5.74, 6) is 0.664. The van der Waals surface area contributed by atoms with Crippen LogP contribution in [0.5, 0.6) is 0 Å². The van der Waals surface area contributed by atoms with E-state index in [-0.39, 0.29) is 11.9 Å². The third kappa shape index (κ3) is 6.76.